The number of alkyl halides is 3. The van der Waals surface area contributed by atoms with E-state index in [1.54, 1.807) is 13.0 Å². The molecule has 1 heterocycles. The van der Waals surface area contributed by atoms with Gasteiger partial charge >= 0.3 is 6.18 Å². The number of benzene rings is 1. The van der Waals surface area contributed by atoms with E-state index in [4.69, 9.17) is 0 Å². The Kier molecular flexibility index (Phi) is 7.55. The zero-order valence-electron chi connectivity index (χ0n) is 13.8. The van der Waals surface area contributed by atoms with Gasteiger partial charge in [-0.1, -0.05) is 25.1 Å². The fourth-order valence-corrected chi connectivity index (χ4v) is 3.08. The number of halogens is 4. The van der Waals surface area contributed by atoms with Crippen molar-refractivity contribution in [2.45, 2.75) is 57.3 Å². The van der Waals surface area contributed by atoms with Crippen molar-refractivity contribution in [3.05, 3.63) is 35.4 Å². The van der Waals surface area contributed by atoms with E-state index >= 15 is 0 Å². The van der Waals surface area contributed by atoms with Gasteiger partial charge in [-0.25, -0.2) is 0 Å². The number of amides is 1. The molecule has 1 aliphatic heterocycles. The number of carbonyl (C=O) groups excluding carboxylic acids is 1. The molecule has 0 saturated carbocycles. The molecular formula is C17H24ClF3N2O. The second-order valence-corrected chi connectivity index (χ2v) is 6.25. The van der Waals surface area contributed by atoms with Gasteiger partial charge in [0.1, 0.15) is 0 Å². The molecule has 2 N–H and O–H groups in total. The average molecular weight is 365 g/mol. The monoisotopic (exact) mass is 364 g/mol. The summed E-state index contributed by atoms with van der Waals surface area (Å²) < 4.78 is 39.2. The van der Waals surface area contributed by atoms with Gasteiger partial charge in [0.2, 0.25) is 5.91 Å². The van der Waals surface area contributed by atoms with Crippen molar-refractivity contribution in [3.63, 3.8) is 0 Å². The quantitative estimate of drug-likeness (QED) is 0.851. The lowest BCUT2D eigenvalue weighted by Gasteiger charge is -2.31. The number of rotatable bonds is 4. The van der Waals surface area contributed by atoms with Crippen LogP contribution in [-0.2, 0) is 11.0 Å². The van der Waals surface area contributed by atoms with Crippen molar-refractivity contribution in [1.29, 1.82) is 0 Å². The summed E-state index contributed by atoms with van der Waals surface area (Å²) in [4.78, 5) is 12.2. The summed E-state index contributed by atoms with van der Waals surface area (Å²) in [7, 11) is 0. The van der Waals surface area contributed by atoms with Gasteiger partial charge in [-0.15, -0.1) is 12.4 Å². The minimum absolute atomic E-state index is 0. The molecule has 0 aromatic heterocycles. The van der Waals surface area contributed by atoms with Gasteiger partial charge in [0.15, 0.2) is 0 Å². The summed E-state index contributed by atoms with van der Waals surface area (Å²) in [5.41, 5.74) is -0.488. The normalized spacial score (nSPS) is 22.4. The fraction of sp³-hybridized carbons (Fsp3) is 0.588. The molecule has 1 aromatic carbocycles. The van der Waals surface area contributed by atoms with Crippen molar-refractivity contribution >= 4 is 18.3 Å². The van der Waals surface area contributed by atoms with Crippen LogP contribution in [0, 0.1) is 0 Å². The van der Waals surface area contributed by atoms with Crippen LogP contribution in [0.25, 0.3) is 0 Å². The Balaban J connectivity index is 0.00000288. The van der Waals surface area contributed by atoms with Crippen molar-refractivity contribution < 1.29 is 18.0 Å². The first-order valence-electron chi connectivity index (χ1n) is 7.98. The Labute approximate surface area is 146 Å². The summed E-state index contributed by atoms with van der Waals surface area (Å²) in [5.74, 6) is -0.685. The van der Waals surface area contributed by atoms with E-state index < -0.39 is 17.7 Å². The van der Waals surface area contributed by atoms with E-state index in [1.165, 1.54) is 12.1 Å². The van der Waals surface area contributed by atoms with Gasteiger partial charge in [-0.3, -0.25) is 4.79 Å². The van der Waals surface area contributed by atoms with E-state index in [1.807, 2.05) is 6.92 Å². The second kappa shape index (κ2) is 8.72. The number of nitrogens with one attached hydrogen (secondary N) is 2. The molecule has 1 aliphatic rings. The number of piperidine rings is 1. The van der Waals surface area contributed by atoms with E-state index in [0.717, 1.165) is 25.5 Å². The molecule has 0 bridgehead atoms. The first-order valence-corrected chi connectivity index (χ1v) is 7.98. The molecule has 2 rings (SSSR count). The van der Waals surface area contributed by atoms with E-state index in [9.17, 15) is 18.0 Å². The highest BCUT2D eigenvalue weighted by Crippen LogP contribution is 2.35. The minimum Gasteiger partial charge on any atom is -0.352 e. The maximum Gasteiger partial charge on any atom is 0.416 e. The van der Waals surface area contributed by atoms with Crippen LogP contribution in [0.3, 0.4) is 0 Å². The summed E-state index contributed by atoms with van der Waals surface area (Å²) in [6, 6.07) is 5.69. The Morgan fingerprint density at radius 1 is 1.38 bits per heavy atom. The average Bonchev–Trinajstić information content (AvgIpc) is 2.48. The lowest BCUT2D eigenvalue weighted by Crippen LogP contribution is -2.52. The van der Waals surface area contributed by atoms with Crippen LogP contribution in [0.15, 0.2) is 24.3 Å². The number of hydrogen-bond donors (Lipinski definition) is 2. The molecule has 1 fully saturated rings. The van der Waals surface area contributed by atoms with Crippen LogP contribution in [0.1, 0.15) is 50.2 Å². The summed E-state index contributed by atoms with van der Waals surface area (Å²) in [6.07, 6.45) is -2.46. The van der Waals surface area contributed by atoms with Gasteiger partial charge in [0.05, 0.1) is 5.56 Å². The fourth-order valence-electron chi connectivity index (χ4n) is 3.08. The molecule has 1 aromatic rings. The third kappa shape index (κ3) is 5.38. The SMILES string of the molecule is CC(CC(=O)NC1CCCNC1C)c1ccccc1C(F)(F)F.Cl. The Morgan fingerprint density at radius 3 is 2.67 bits per heavy atom. The molecule has 0 radical (unpaired) electrons. The molecule has 3 nitrogen and oxygen atoms in total. The van der Waals surface area contributed by atoms with Gasteiger partial charge in [-0.05, 0) is 43.9 Å². The maximum absolute atomic E-state index is 13.1. The number of carbonyl (C=O) groups is 1. The minimum atomic E-state index is -4.40. The lowest BCUT2D eigenvalue weighted by atomic mass is 9.92. The van der Waals surface area contributed by atoms with Crippen LogP contribution < -0.4 is 10.6 Å². The highest BCUT2D eigenvalue weighted by Gasteiger charge is 2.34. The maximum atomic E-state index is 13.1. The zero-order valence-corrected chi connectivity index (χ0v) is 14.6. The van der Waals surface area contributed by atoms with Gasteiger partial charge in [0, 0.05) is 18.5 Å². The standard InChI is InChI=1S/C17H23F3N2O.ClH/c1-11(13-6-3-4-7-14(13)17(18,19)20)10-16(23)22-15-8-5-9-21-12(15)2;/h3-4,6-7,11-12,15,21H,5,8-10H2,1-2H3,(H,22,23);1H. The molecule has 0 spiro atoms. The smallest absolute Gasteiger partial charge is 0.352 e. The van der Waals surface area contributed by atoms with Crippen LogP contribution in [0.5, 0.6) is 0 Å². The molecule has 3 unspecified atom stereocenters. The van der Waals surface area contributed by atoms with Crippen molar-refractivity contribution in [1.82, 2.24) is 10.6 Å². The van der Waals surface area contributed by atoms with E-state index in [0.29, 0.717) is 0 Å². The second-order valence-electron chi connectivity index (χ2n) is 6.25. The summed E-state index contributed by atoms with van der Waals surface area (Å²) in [5, 5.41) is 6.23. The predicted molar refractivity (Wildman–Crippen MR) is 90.4 cm³/mol. The molecule has 1 amide bonds. The number of hydrogen-bond acceptors (Lipinski definition) is 2. The first kappa shape index (κ1) is 20.8. The van der Waals surface area contributed by atoms with Crippen molar-refractivity contribution in [2.75, 3.05) is 6.54 Å². The highest BCUT2D eigenvalue weighted by atomic mass is 35.5. The van der Waals surface area contributed by atoms with Crippen LogP contribution in [0.2, 0.25) is 0 Å². The predicted octanol–water partition coefficient (Wildman–Crippen LogP) is 3.88. The molecular weight excluding hydrogens is 341 g/mol. The van der Waals surface area contributed by atoms with Crippen LogP contribution >= 0.6 is 12.4 Å². The summed E-state index contributed by atoms with van der Waals surface area (Å²) >= 11 is 0. The molecule has 1 saturated heterocycles. The zero-order chi connectivity index (χ0) is 17.0. The van der Waals surface area contributed by atoms with Gasteiger partial charge in [-0.2, -0.15) is 13.2 Å². The Bertz CT molecular complexity index is 551. The van der Waals surface area contributed by atoms with Crippen molar-refractivity contribution in [3.8, 4) is 0 Å². The van der Waals surface area contributed by atoms with Crippen LogP contribution in [0.4, 0.5) is 13.2 Å². The molecule has 24 heavy (non-hydrogen) atoms. The Morgan fingerprint density at radius 2 is 2.04 bits per heavy atom. The molecule has 3 atom stereocenters. The molecule has 0 aliphatic carbocycles. The molecule has 136 valence electrons. The third-order valence-electron chi connectivity index (χ3n) is 4.40. The first-order chi connectivity index (χ1) is 10.8. The van der Waals surface area contributed by atoms with Gasteiger partial charge in [0.25, 0.3) is 0 Å². The third-order valence-corrected chi connectivity index (χ3v) is 4.40. The highest BCUT2D eigenvalue weighted by molar-refractivity contribution is 5.85. The lowest BCUT2D eigenvalue weighted by molar-refractivity contribution is -0.138. The van der Waals surface area contributed by atoms with E-state index in [-0.39, 0.29) is 42.4 Å². The Hall–Kier alpha value is -1.27. The van der Waals surface area contributed by atoms with Crippen LogP contribution in [-0.4, -0.2) is 24.5 Å². The summed E-state index contributed by atoms with van der Waals surface area (Å²) in [6.45, 7) is 4.60. The van der Waals surface area contributed by atoms with Crippen molar-refractivity contribution in [2.24, 2.45) is 0 Å². The topological polar surface area (TPSA) is 41.1 Å². The van der Waals surface area contributed by atoms with Gasteiger partial charge < -0.3 is 10.6 Å². The molecule has 7 heteroatoms. The van der Waals surface area contributed by atoms with E-state index in [2.05, 4.69) is 10.6 Å². The largest absolute Gasteiger partial charge is 0.416 e.